The standard InChI is InChI=1S/C20H22N4O2/c1-14(2)19-12-18(26-24-19)13-22-20(21)23-15-7-6-10-17(11-15)25-16-8-4-3-5-9-16/h3-12,14H,13H2,1-2H3,(H3,21,22,23). The minimum atomic E-state index is 0.296. The number of hydrogen-bond acceptors (Lipinski definition) is 4. The van der Waals surface area contributed by atoms with E-state index in [1.54, 1.807) is 0 Å². The first-order chi connectivity index (χ1) is 12.6. The van der Waals surface area contributed by atoms with Crippen molar-refractivity contribution in [3.8, 4) is 11.5 Å². The fourth-order valence-electron chi connectivity index (χ4n) is 2.29. The number of aliphatic imine (C=N–C) groups is 1. The molecule has 3 aromatic rings. The average Bonchev–Trinajstić information content (AvgIpc) is 3.11. The van der Waals surface area contributed by atoms with E-state index in [-0.39, 0.29) is 0 Å². The minimum Gasteiger partial charge on any atom is -0.457 e. The fourth-order valence-corrected chi connectivity index (χ4v) is 2.29. The molecule has 0 aliphatic heterocycles. The largest absolute Gasteiger partial charge is 0.457 e. The smallest absolute Gasteiger partial charge is 0.193 e. The van der Waals surface area contributed by atoms with Crippen molar-refractivity contribution in [1.82, 2.24) is 5.16 Å². The summed E-state index contributed by atoms with van der Waals surface area (Å²) in [6, 6.07) is 19.0. The summed E-state index contributed by atoms with van der Waals surface area (Å²) in [5.41, 5.74) is 7.66. The van der Waals surface area contributed by atoms with Crippen LogP contribution in [0.2, 0.25) is 0 Å². The third-order valence-electron chi connectivity index (χ3n) is 3.66. The maximum atomic E-state index is 5.96. The van der Waals surface area contributed by atoms with Crippen molar-refractivity contribution in [1.29, 1.82) is 0 Å². The van der Waals surface area contributed by atoms with Crippen molar-refractivity contribution in [2.24, 2.45) is 10.7 Å². The van der Waals surface area contributed by atoms with Gasteiger partial charge in [-0.05, 0) is 30.2 Å². The van der Waals surface area contributed by atoms with Crippen LogP contribution in [0.3, 0.4) is 0 Å². The van der Waals surface area contributed by atoms with Crippen LogP contribution in [0.4, 0.5) is 5.69 Å². The van der Waals surface area contributed by atoms with Crippen LogP contribution in [0, 0.1) is 0 Å². The quantitative estimate of drug-likeness (QED) is 0.504. The van der Waals surface area contributed by atoms with Gasteiger partial charge in [0.25, 0.3) is 0 Å². The first kappa shape index (κ1) is 17.5. The van der Waals surface area contributed by atoms with E-state index in [1.165, 1.54) is 0 Å². The molecule has 26 heavy (non-hydrogen) atoms. The molecule has 134 valence electrons. The first-order valence-corrected chi connectivity index (χ1v) is 8.45. The Morgan fingerprint density at radius 3 is 2.62 bits per heavy atom. The van der Waals surface area contributed by atoms with Gasteiger partial charge in [0.05, 0.1) is 5.69 Å². The van der Waals surface area contributed by atoms with Crippen LogP contribution in [0.1, 0.15) is 31.2 Å². The van der Waals surface area contributed by atoms with Crippen LogP contribution in [-0.2, 0) is 6.54 Å². The number of nitrogens with one attached hydrogen (secondary N) is 1. The van der Waals surface area contributed by atoms with Gasteiger partial charge < -0.3 is 20.3 Å². The van der Waals surface area contributed by atoms with Gasteiger partial charge in [0.15, 0.2) is 11.7 Å². The summed E-state index contributed by atoms with van der Waals surface area (Å²) in [6.45, 7) is 4.45. The molecule has 2 aromatic carbocycles. The third-order valence-corrected chi connectivity index (χ3v) is 3.66. The molecule has 1 heterocycles. The Hall–Kier alpha value is -3.28. The predicted octanol–water partition coefficient (Wildman–Crippen LogP) is 4.52. The monoisotopic (exact) mass is 350 g/mol. The third kappa shape index (κ3) is 4.86. The highest BCUT2D eigenvalue weighted by atomic mass is 16.5. The van der Waals surface area contributed by atoms with Crippen LogP contribution in [0.15, 0.2) is 70.2 Å². The van der Waals surface area contributed by atoms with E-state index in [0.717, 1.165) is 17.1 Å². The number of para-hydroxylation sites is 1. The van der Waals surface area contributed by atoms with E-state index in [0.29, 0.717) is 29.9 Å². The van der Waals surface area contributed by atoms with E-state index >= 15 is 0 Å². The summed E-state index contributed by atoms with van der Waals surface area (Å²) < 4.78 is 11.1. The molecule has 0 aliphatic carbocycles. The van der Waals surface area contributed by atoms with Crippen LogP contribution < -0.4 is 15.8 Å². The molecule has 1 aromatic heterocycles. The van der Waals surface area contributed by atoms with Crippen molar-refractivity contribution >= 4 is 11.6 Å². The van der Waals surface area contributed by atoms with E-state index in [1.807, 2.05) is 60.7 Å². The second kappa shape index (κ2) is 8.20. The average molecular weight is 350 g/mol. The maximum absolute atomic E-state index is 5.96. The fraction of sp³-hybridized carbons (Fsp3) is 0.200. The van der Waals surface area contributed by atoms with Gasteiger partial charge >= 0.3 is 0 Å². The highest BCUT2D eigenvalue weighted by Gasteiger charge is 2.07. The van der Waals surface area contributed by atoms with Crippen molar-refractivity contribution in [3.05, 3.63) is 72.1 Å². The maximum Gasteiger partial charge on any atom is 0.193 e. The molecule has 0 radical (unpaired) electrons. The summed E-state index contributed by atoms with van der Waals surface area (Å²) in [6.07, 6.45) is 0. The Kier molecular flexibility index (Phi) is 5.53. The highest BCUT2D eigenvalue weighted by molar-refractivity contribution is 5.92. The van der Waals surface area contributed by atoms with Gasteiger partial charge in [0, 0.05) is 17.8 Å². The van der Waals surface area contributed by atoms with Gasteiger partial charge in [-0.25, -0.2) is 4.99 Å². The van der Waals surface area contributed by atoms with E-state index in [2.05, 4.69) is 29.3 Å². The molecule has 0 atom stereocenters. The van der Waals surface area contributed by atoms with E-state index in [4.69, 9.17) is 15.0 Å². The predicted molar refractivity (Wildman–Crippen MR) is 102 cm³/mol. The van der Waals surface area contributed by atoms with E-state index < -0.39 is 0 Å². The zero-order chi connectivity index (χ0) is 18.4. The van der Waals surface area contributed by atoms with Gasteiger partial charge in [0.2, 0.25) is 0 Å². The molecular formula is C20H22N4O2. The lowest BCUT2D eigenvalue weighted by atomic mass is 10.1. The van der Waals surface area contributed by atoms with Crippen molar-refractivity contribution in [2.75, 3.05) is 5.32 Å². The van der Waals surface area contributed by atoms with Gasteiger partial charge in [-0.2, -0.15) is 0 Å². The Morgan fingerprint density at radius 2 is 1.88 bits per heavy atom. The molecule has 3 N–H and O–H groups in total. The molecule has 3 rings (SSSR count). The number of anilines is 1. The van der Waals surface area contributed by atoms with Crippen molar-refractivity contribution in [3.63, 3.8) is 0 Å². The molecule has 0 saturated heterocycles. The van der Waals surface area contributed by atoms with Gasteiger partial charge in [-0.15, -0.1) is 0 Å². The van der Waals surface area contributed by atoms with Crippen LogP contribution >= 0.6 is 0 Å². The lowest BCUT2D eigenvalue weighted by Crippen LogP contribution is -2.22. The lowest BCUT2D eigenvalue weighted by molar-refractivity contribution is 0.376. The zero-order valence-corrected chi connectivity index (χ0v) is 14.8. The second-order valence-electron chi connectivity index (χ2n) is 6.14. The Labute approximate surface area is 152 Å². The normalized spacial score (nSPS) is 11.6. The number of nitrogens with zero attached hydrogens (tertiary/aromatic N) is 2. The molecular weight excluding hydrogens is 328 g/mol. The van der Waals surface area contributed by atoms with Crippen molar-refractivity contribution in [2.45, 2.75) is 26.3 Å². The molecule has 0 amide bonds. The molecule has 0 saturated carbocycles. The molecule has 0 fully saturated rings. The lowest BCUT2D eigenvalue weighted by Gasteiger charge is -2.09. The number of nitrogens with two attached hydrogens (primary N) is 1. The number of ether oxygens (including phenoxy) is 1. The van der Waals surface area contributed by atoms with Crippen LogP contribution in [0.5, 0.6) is 11.5 Å². The number of hydrogen-bond donors (Lipinski definition) is 2. The molecule has 0 unspecified atom stereocenters. The SMILES string of the molecule is CC(C)c1cc(CN=C(N)Nc2cccc(Oc3ccccc3)c2)on1. The summed E-state index contributed by atoms with van der Waals surface area (Å²) >= 11 is 0. The number of rotatable bonds is 6. The molecule has 0 spiro atoms. The summed E-state index contributed by atoms with van der Waals surface area (Å²) in [5, 5.41) is 7.06. The topological polar surface area (TPSA) is 85.7 Å². The highest BCUT2D eigenvalue weighted by Crippen LogP contribution is 2.23. The first-order valence-electron chi connectivity index (χ1n) is 8.45. The Bertz CT molecular complexity index is 872. The van der Waals surface area contributed by atoms with E-state index in [9.17, 15) is 0 Å². The summed E-state index contributed by atoms with van der Waals surface area (Å²) in [7, 11) is 0. The Morgan fingerprint density at radius 1 is 1.12 bits per heavy atom. The summed E-state index contributed by atoms with van der Waals surface area (Å²) in [4.78, 5) is 4.28. The number of guanidine groups is 1. The summed E-state index contributed by atoms with van der Waals surface area (Å²) in [5.74, 6) is 2.78. The zero-order valence-electron chi connectivity index (χ0n) is 14.8. The molecule has 6 nitrogen and oxygen atoms in total. The molecule has 0 aliphatic rings. The minimum absolute atomic E-state index is 0.296. The number of benzene rings is 2. The number of aromatic nitrogens is 1. The van der Waals surface area contributed by atoms with Crippen LogP contribution in [-0.4, -0.2) is 11.1 Å². The molecule has 6 heteroatoms. The second-order valence-corrected chi connectivity index (χ2v) is 6.14. The molecule has 0 bridgehead atoms. The van der Waals surface area contributed by atoms with Gasteiger partial charge in [-0.1, -0.05) is 43.3 Å². The van der Waals surface area contributed by atoms with Crippen molar-refractivity contribution < 1.29 is 9.26 Å². The van der Waals surface area contributed by atoms with Gasteiger partial charge in [-0.3, -0.25) is 0 Å². The Balaban J connectivity index is 1.61. The van der Waals surface area contributed by atoms with Crippen LogP contribution in [0.25, 0.3) is 0 Å². The van der Waals surface area contributed by atoms with Gasteiger partial charge in [0.1, 0.15) is 18.0 Å².